The van der Waals surface area contributed by atoms with Crippen LogP contribution in [-0.2, 0) is 9.84 Å². The molecule has 0 aliphatic rings. The minimum absolute atomic E-state index is 0.00175. The number of ether oxygens (including phenoxy) is 1. The molecular weight excluding hydrogens is 384 g/mol. The highest BCUT2D eigenvalue weighted by atomic mass is 32.2. The van der Waals surface area contributed by atoms with E-state index in [2.05, 4.69) is 0 Å². The Kier molecular flexibility index (Phi) is 5.14. The molecule has 0 spiro atoms. The standard InChI is InChI=1S/C20H14O7S/c21-19(22)15-11-10-13(12-16(15)20(23)24)27-17-8-4-5-9-18(17)28(25,26)14-6-2-1-3-7-14/h1-12H,(H,21,22)(H,23,24). The lowest BCUT2D eigenvalue weighted by Crippen LogP contribution is -2.08. The quantitative estimate of drug-likeness (QED) is 0.650. The normalized spacial score (nSPS) is 11.0. The van der Waals surface area contributed by atoms with Gasteiger partial charge in [0, 0.05) is 0 Å². The summed E-state index contributed by atoms with van der Waals surface area (Å²) in [6, 6.07) is 17.1. The van der Waals surface area contributed by atoms with Gasteiger partial charge >= 0.3 is 11.9 Å². The molecule has 7 nitrogen and oxygen atoms in total. The van der Waals surface area contributed by atoms with Crippen molar-refractivity contribution in [1.29, 1.82) is 0 Å². The molecule has 0 unspecified atom stereocenters. The molecule has 3 aromatic rings. The van der Waals surface area contributed by atoms with Gasteiger partial charge in [-0.25, -0.2) is 18.0 Å². The summed E-state index contributed by atoms with van der Waals surface area (Å²) in [6.45, 7) is 0. The first kappa shape index (κ1) is 19.1. The molecule has 0 aliphatic heterocycles. The summed E-state index contributed by atoms with van der Waals surface area (Å²) in [4.78, 5) is 22.5. The van der Waals surface area contributed by atoms with E-state index in [1.165, 1.54) is 30.3 Å². The zero-order chi connectivity index (χ0) is 20.3. The van der Waals surface area contributed by atoms with E-state index < -0.39 is 32.9 Å². The van der Waals surface area contributed by atoms with Gasteiger partial charge in [-0.2, -0.15) is 0 Å². The first-order valence-corrected chi connectivity index (χ1v) is 9.46. The van der Waals surface area contributed by atoms with Crippen LogP contribution in [0.15, 0.2) is 82.6 Å². The van der Waals surface area contributed by atoms with Crippen molar-refractivity contribution in [2.24, 2.45) is 0 Å². The van der Waals surface area contributed by atoms with Crippen molar-refractivity contribution < 1.29 is 33.0 Å². The van der Waals surface area contributed by atoms with Crippen molar-refractivity contribution >= 4 is 21.8 Å². The third-order valence-electron chi connectivity index (χ3n) is 3.87. The Morgan fingerprint density at radius 2 is 1.36 bits per heavy atom. The van der Waals surface area contributed by atoms with E-state index in [1.807, 2.05) is 0 Å². The number of carboxylic acids is 2. The fourth-order valence-electron chi connectivity index (χ4n) is 2.56. The lowest BCUT2D eigenvalue weighted by atomic mass is 10.1. The molecule has 0 aromatic heterocycles. The predicted octanol–water partition coefficient (Wildman–Crippen LogP) is 3.71. The third-order valence-corrected chi connectivity index (χ3v) is 5.68. The number of sulfone groups is 1. The van der Waals surface area contributed by atoms with Crippen molar-refractivity contribution in [1.82, 2.24) is 0 Å². The molecule has 3 rings (SSSR count). The van der Waals surface area contributed by atoms with Gasteiger partial charge in [-0.05, 0) is 42.5 Å². The van der Waals surface area contributed by atoms with Gasteiger partial charge in [-0.15, -0.1) is 0 Å². The van der Waals surface area contributed by atoms with Gasteiger partial charge in [-0.3, -0.25) is 0 Å². The van der Waals surface area contributed by atoms with E-state index >= 15 is 0 Å². The molecule has 0 amide bonds. The van der Waals surface area contributed by atoms with Gasteiger partial charge in [0.2, 0.25) is 9.84 Å². The summed E-state index contributed by atoms with van der Waals surface area (Å²) in [6.07, 6.45) is 0. The highest BCUT2D eigenvalue weighted by molar-refractivity contribution is 7.91. The second-order valence-corrected chi connectivity index (χ2v) is 7.60. The van der Waals surface area contributed by atoms with Crippen LogP contribution in [0.2, 0.25) is 0 Å². The largest absolute Gasteiger partial charge is 0.478 e. The number of benzene rings is 3. The summed E-state index contributed by atoms with van der Waals surface area (Å²) < 4.78 is 31.4. The van der Waals surface area contributed by atoms with E-state index in [9.17, 15) is 23.1 Å². The van der Waals surface area contributed by atoms with Crippen molar-refractivity contribution in [3.05, 3.63) is 83.9 Å². The summed E-state index contributed by atoms with van der Waals surface area (Å²) in [7, 11) is -3.87. The fraction of sp³-hybridized carbons (Fsp3) is 0. The van der Waals surface area contributed by atoms with Gasteiger partial charge in [-0.1, -0.05) is 30.3 Å². The van der Waals surface area contributed by atoms with Crippen LogP contribution in [0, 0.1) is 0 Å². The third kappa shape index (κ3) is 3.72. The Bertz CT molecular complexity index is 1150. The molecule has 8 heteroatoms. The number of carboxylic acid groups (broad SMARTS) is 2. The topological polar surface area (TPSA) is 118 Å². The lowest BCUT2D eigenvalue weighted by molar-refractivity contribution is 0.0651. The van der Waals surface area contributed by atoms with Crippen LogP contribution in [0.3, 0.4) is 0 Å². The monoisotopic (exact) mass is 398 g/mol. The Labute approximate surface area is 160 Å². The highest BCUT2D eigenvalue weighted by Crippen LogP contribution is 2.33. The maximum Gasteiger partial charge on any atom is 0.336 e. The summed E-state index contributed by atoms with van der Waals surface area (Å²) in [5.74, 6) is -2.84. The van der Waals surface area contributed by atoms with Gasteiger partial charge in [0.25, 0.3) is 0 Å². The lowest BCUT2D eigenvalue weighted by Gasteiger charge is -2.13. The molecule has 0 atom stereocenters. The molecule has 0 saturated heterocycles. The number of aromatic carboxylic acids is 2. The number of para-hydroxylation sites is 1. The van der Waals surface area contributed by atoms with Crippen LogP contribution in [0.4, 0.5) is 0 Å². The fourth-order valence-corrected chi connectivity index (χ4v) is 3.96. The highest BCUT2D eigenvalue weighted by Gasteiger charge is 2.23. The number of hydrogen-bond donors (Lipinski definition) is 2. The molecule has 0 saturated carbocycles. The number of carbonyl (C=O) groups is 2. The molecule has 142 valence electrons. The van der Waals surface area contributed by atoms with Crippen LogP contribution < -0.4 is 4.74 Å². The average Bonchev–Trinajstić information content (AvgIpc) is 2.68. The molecule has 3 aromatic carbocycles. The minimum Gasteiger partial charge on any atom is -0.478 e. The van der Waals surface area contributed by atoms with Crippen molar-refractivity contribution in [2.75, 3.05) is 0 Å². The van der Waals surface area contributed by atoms with E-state index in [0.29, 0.717) is 0 Å². The smallest absolute Gasteiger partial charge is 0.336 e. The van der Waals surface area contributed by atoms with E-state index in [0.717, 1.165) is 12.1 Å². The first-order chi connectivity index (χ1) is 13.3. The Hall–Kier alpha value is -3.65. The summed E-state index contributed by atoms with van der Waals surface area (Å²) in [5.41, 5.74) is -0.863. The minimum atomic E-state index is -3.87. The molecule has 0 bridgehead atoms. The SMILES string of the molecule is O=C(O)c1ccc(Oc2ccccc2S(=O)(=O)c2ccccc2)cc1C(=O)O. The zero-order valence-corrected chi connectivity index (χ0v) is 15.1. The Morgan fingerprint density at radius 1 is 0.750 bits per heavy atom. The molecule has 0 aliphatic carbocycles. The second-order valence-electron chi connectivity index (χ2n) is 5.68. The zero-order valence-electron chi connectivity index (χ0n) is 14.3. The van der Waals surface area contributed by atoms with E-state index in [1.54, 1.807) is 30.3 Å². The van der Waals surface area contributed by atoms with Gasteiger partial charge in [0.05, 0.1) is 16.0 Å². The summed E-state index contributed by atoms with van der Waals surface area (Å²) in [5, 5.41) is 18.3. The maximum atomic E-state index is 12.9. The Morgan fingerprint density at radius 3 is 2.00 bits per heavy atom. The second kappa shape index (κ2) is 7.53. The van der Waals surface area contributed by atoms with Crippen molar-refractivity contribution in [3.8, 4) is 11.5 Å². The average molecular weight is 398 g/mol. The summed E-state index contributed by atoms with van der Waals surface area (Å²) >= 11 is 0. The van der Waals surface area contributed by atoms with Gasteiger partial charge in [0.1, 0.15) is 16.4 Å². The molecule has 2 N–H and O–H groups in total. The van der Waals surface area contributed by atoms with E-state index in [-0.39, 0.29) is 21.3 Å². The van der Waals surface area contributed by atoms with Gasteiger partial charge < -0.3 is 14.9 Å². The first-order valence-electron chi connectivity index (χ1n) is 7.98. The van der Waals surface area contributed by atoms with E-state index in [4.69, 9.17) is 9.84 Å². The molecule has 0 radical (unpaired) electrons. The molecule has 28 heavy (non-hydrogen) atoms. The molecule has 0 heterocycles. The van der Waals surface area contributed by atoms with Crippen LogP contribution in [0.5, 0.6) is 11.5 Å². The number of hydrogen-bond acceptors (Lipinski definition) is 5. The van der Waals surface area contributed by atoms with Crippen LogP contribution >= 0.6 is 0 Å². The Balaban J connectivity index is 2.05. The molecule has 0 fully saturated rings. The maximum absolute atomic E-state index is 12.9. The van der Waals surface area contributed by atoms with Crippen molar-refractivity contribution in [3.63, 3.8) is 0 Å². The number of rotatable bonds is 6. The van der Waals surface area contributed by atoms with Crippen molar-refractivity contribution in [2.45, 2.75) is 9.79 Å². The van der Waals surface area contributed by atoms with Crippen LogP contribution in [-0.4, -0.2) is 30.6 Å². The van der Waals surface area contributed by atoms with Gasteiger partial charge in [0.15, 0.2) is 0 Å². The van der Waals surface area contributed by atoms with Crippen LogP contribution in [0.25, 0.3) is 0 Å². The van der Waals surface area contributed by atoms with Crippen LogP contribution in [0.1, 0.15) is 20.7 Å². The molecular formula is C20H14O7S. The predicted molar refractivity (Wildman–Crippen MR) is 98.8 cm³/mol.